The van der Waals surface area contributed by atoms with E-state index in [0.717, 1.165) is 26.2 Å². The minimum Gasteiger partial charge on any atom is -0.304 e. The predicted octanol–water partition coefficient (Wildman–Crippen LogP) is 0.982. The maximum absolute atomic E-state index is 13.2. The van der Waals surface area contributed by atoms with Crippen molar-refractivity contribution in [3.8, 4) is 0 Å². The number of rotatable bonds is 2. The third kappa shape index (κ3) is 3.50. The fourth-order valence-corrected chi connectivity index (χ4v) is 1.54. The minimum atomic E-state index is -1.05. The van der Waals surface area contributed by atoms with Gasteiger partial charge in [0.25, 0.3) is 0 Å². The smallest absolute Gasteiger partial charge is 0.118 e. The van der Waals surface area contributed by atoms with Gasteiger partial charge in [0, 0.05) is 32.7 Å². The van der Waals surface area contributed by atoms with Crippen LogP contribution >= 0.6 is 0 Å². The fraction of sp³-hybridized carbons (Fsp3) is 1.00. The molecule has 1 rings (SSSR count). The molecule has 0 aromatic carbocycles. The molecule has 0 atom stereocenters. The summed E-state index contributed by atoms with van der Waals surface area (Å²) in [4.78, 5) is 4.47. The van der Waals surface area contributed by atoms with Crippen LogP contribution < -0.4 is 0 Å². The van der Waals surface area contributed by atoms with E-state index in [0.29, 0.717) is 6.54 Å². The quantitative estimate of drug-likeness (QED) is 0.616. The van der Waals surface area contributed by atoms with Crippen LogP contribution in [0.4, 0.5) is 4.39 Å². The summed E-state index contributed by atoms with van der Waals surface area (Å²) >= 11 is 0. The number of halogens is 1. The molecule has 1 aliphatic heterocycles. The second-order valence-electron chi connectivity index (χ2n) is 4.30. The molecular formula is C9H19FN2. The van der Waals surface area contributed by atoms with Gasteiger partial charge >= 0.3 is 0 Å². The standard InChI is InChI=1S/C9H19FN2/c1-9(2,10)8-12-6-4-11(3)5-7-12/h4-8H2,1-3H3. The maximum Gasteiger partial charge on any atom is 0.118 e. The van der Waals surface area contributed by atoms with Gasteiger partial charge in [-0.2, -0.15) is 0 Å². The molecule has 72 valence electrons. The first-order valence-electron chi connectivity index (χ1n) is 4.57. The van der Waals surface area contributed by atoms with Crippen molar-refractivity contribution in [2.75, 3.05) is 39.8 Å². The first-order valence-corrected chi connectivity index (χ1v) is 4.57. The van der Waals surface area contributed by atoms with Crippen molar-refractivity contribution in [3.63, 3.8) is 0 Å². The van der Waals surface area contributed by atoms with Crippen LogP contribution in [0.3, 0.4) is 0 Å². The van der Waals surface area contributed by atoms with Gasteiger partial charge in [-0.3, -0.25) is 4.90 Å². The maximum atomic E-state index is 13.2. The number of hydrogen-bond acceptors (Lipinski definition) is 2. The van der Waals surface area contributed by atoms with Crippen molar-refractivity contribution in [1.82, 2.24) is 9.80 Å². The van der Waals surface area contributed by atoms with E-state index in [1.54, 1.807) is 13.8 Å². The van der Waals surface area contributed by atoms with E-state index in [-0.39, 0.29) is 0 Å². The van der Waals surface area contributed by atoms with Crippen LogP contribution in [0.2, 0.25) is 0 Å². The molecule has 0 spiro atoms. The molecule has 12 heavy (non-hydrogen) atoms. The van der Waals surface area contributed by atoms with E-state index in [1.165, 1.54) is 0 Å². The van der Waals surface area contributed by atoms with Gasteiger partial charge in [0.1, 0.15) is 5.67 Å². The SMILES string of the molecule is CN1CCN(CC(C)(C)F)CC1. The average Bonchev–Trinajstić information content (AvgIpc) is 1.91. The van der Waals surface area contributed by atoms with Crippen molar-refractivity contribution in [1.29, 1.82) is 0 Å². The molecule has 1 heterocycles. The summed E-state index contributed by atoms with van der Waals surface area (Å²) < 4.78 is 13.2. The molecule has 1 saturated heterocycles. The second-order valence-corrected chi connectivity index (χ2v) is 4.30. The summed E-state index contributed by atoms with van der Waals surface area (Å²) in [5, 5.41) is 0. The average molecular weight is 174 g/mol. The summed E-state index contributed by atoms with van der Waals surface area (Å²) in [5.74, 6) is 0. The predicted molar refractivity (Wildman–Crippen MR) is 49.1 cm³/mol. The molecule has 1 aliphatic rings. The Morgan fingerprint density at radius 1 is 1.17 bits per heavy atom. The van der Waals surface area contributed by atoms with Gasteiger partial charge in [-0.05, 0) is 20.9 Å². The molecule has 0 saturated carbocycles. The molecule has 0 unspecified atom stereocenters. The lowest BCUT2D eigenvalue weighted by molar-refractivity contribution is 0.0852. The number of piperazine rings is 1. The highest BCUT2D eigenvalue weighted by Gasteiger charge is 2.22. The van der Waals surface area contributed by atoms with Crippen LogP contribution in [-0.2, 0) is 0 Å². The molecule has 0 bridgehead atoms. The molecule has 1 fully saturated rings. The fourth-order valence-electron chi connectivity index (χ4n) is 1.54. The molecule has 0 aromatic rings. The largest absolute Gasteiger partial charge is 0.304 e. The first-order chi connectivity index (χ1) is 5.47. The second kappa shape index (κ2) is 3.71. The Bertz CT molecular complexity index is 134. The highest BCUT2D eigenvalue weighted by molar-refractivity contribution is 4.76. The van der Waals surface area contributed by atoms with E-state index >= 15 is 0 Å². The Morgan fingerprint density at radius 2 is 1.67 bits per heavy atom. The summed E-state index contributed by atoms with van der Waals surface area (Å²) in [5.41, 5.74) is -1.05. The molecule has 2 nitrogen and oxygen atoms in total. The van der Waals surface area contributed by atoms with Crippen molar-refractivity contribution < 1.29 is 4.39 Å². The highest BCUT2D eigenvalue weighted by atomic mass is 19.1. The molecule has 0 amide bonds. The van der Waals surface area contributed by atoms with E-state index in [2.05, 4.69) is 16.8 Å². The molecule has 0 aromatic heterocycles. The Labute approximate surface area is 74.3 Å². The van der Waals surface area contributed by atoms with Gasteiger partial charge < -0.3 is 4.90 Å². The summed E-state index contributed by atoms with van der Waals surface area (Å²) in [6.07, 6.45) is 0. The van der Waals surface area contributed by atoms with Gasteiger partial charge in [0.2, 0.25) is 0 Å². The van der Waals surface area contributed by atoms with Crippen LogP contribution in [-0.4, -0.2) is 55.2 Å². The van der Waals surface area contributed by atoms with Crippen LogP contribution in [0.5, 0.6) is 0 Å². The Morgan fingerprint density at radius 3 is 2.08 bits per heavy atom. The third-order valence-electron chi connectivity index (χ3n) is 2.20. The van der Waals surface area contributed by atoms with Crippen molar-refractivity contribution in [3.05, 3.63) is 0 Å². The van der Waals surface area contributed by atoms with Crippen LogP contribution in [0.1, 0.15) is 13.8 Å². The summed E-state index contributed by atoms with van der Waals surface area (Å²) in [6, 6.07) is 0. The van der Waals surface area contributed by atoms with Crippen molar-refractivity contribution in [2.45, 2.75) is 19.5 Å². The lowest BCUT2D eigenvalue weighted by atomic mass is 10.1. The van der Waals surface area contributed by atoms with E-state index < -0.39 is 5.67 Å². The molecular weight excluding hydrogens is 155 g/mol. The summed E-state index contributed by atoms with van der Waals surface area (Å²) in [7, 11) is 2.11. The zero-order valence-corrected chi connectivity index (χ0v) is 8.31. The topological polar surface area (TPSA) is 6.48 Å². The highest BCUT2D eigenvalue weighted by Crippen LogP contribution is 2.11. The molecule has 3 heteroatoms. The third-order valence-corrected chi connectivity index (χ3v) is 2.20. The Kier molecular flexibility index (Phi) is 3.07. The van der Waals surface area contributed by atoms with Gasteiger partial charge in [-0.1, -0.05) is 0 Å². The Balaban J connectivity index is 2.26. The van der Waals surface area contributed by atoms with Crippen LogP contribution in [0, 0.1) is 0 Å². The Hall–Kier alpha value is -0.150. The van der Waals surface area contributed by atoms with E-state index in [1.807, 2.05) is 0 Å². The number of alkyl halides is 1. The van der Waals surface area contributed by atoms with Gasteiger partial charge in [-0.15, -0.1) is 0 Å². The normalized spacial score (nSPS) is 23.0. The molecule has 0 aliphatic carbocycles. The van der Waals surface area contributed by atoms with Gasteiger partial charge in [0.15, 0.2) is 0 Å². The number of hydrogen-bond donors (Lipinski definition) is 0. The van der Waals surface area contributed by atoms with Crippen molar-refractivity contribution in [2.24, 2.45) is 0 Å². The first kappa shape index (κ1) is 9.93. The zero-order chi connectivity index (χ0) is 9.19. The molecule has 0 radical (unpaired) electrons. The van der Waals surface area contributed by atoms with E-state index in [4.69, 9.17) is 0 Å². The van der Waals surface area contributed by atoms with Gasteiger partial charge in [0.05, 0.1) is 0 Å². The number of likely N-dealkylation sites (N-methyl/N-ethyl adjacent to an activating group) is 1. The van der Waals surface area contributed by atoms with Crippen LogP contribution in [0.15, 0.2) is 0 Å². The zero-order valence-electron chi connectivity index (χ0n) is 8.31. The van der Waals surface area contributed by atoms with Gasteiger partial charge in [-0.25, -0.2) is 4.39 Å². The molecule has 0 N–H and O–H groups in total. The van der Waals surface area contributed by atoms with E-state index in [9.17, 15) is 4.39 Å². The number of nitrogens with zero attached hydrogens (tertiary/aromatic N) is 2. The monoisotopic (exact) mass is 174 g/mol. The minimum absolute atomic E-state index is 0.570. The lowest BCUT2D eigenvalue weighted by Crippen LogP contribution is -2.48. The van der Waals surface area contributed by atoms with Crippen molar-refractivity contribution >= 4 is 0 Å². The summed E-state index contributed by atoms with van der Waals surface area (Å²) in [6.45, 7) is 8.00. The lowest BCUT2D eigenvalue weighted by Gasteiger charge is -2.34. The van der Waals surface area contributed by atoms with Crippen LogP contribution in [0.25, 0.3) is 0 Å².